The van der Waals surface area contributed by atoms with Gasteiger partial charge >= 0.3 is 0 Å². The minimum absolute atomic E-state index is 0.00628. The lowest BCUT2D eigenvalue weighted by atomic mass is 10.0. The Morgan fingerprint density at radius 2 is 1.97 bits per heavy atom. The number of benzene rings is 1. The molecule has 0 saturated carbocycles. The third-order valence-corrected chi connectivity index (χ3v) is 8.03. The fourth-order valence-corrected chi connectivity index (χ4v) is 6.13. The number of halogens is 1. The number of nitrogens with one attached hydrogen (secondary N) is 1. The van der Waals surface area contributed by atoms with Gasteiger partial charge in [-0.05, 0) is 17.7 Å². The second-order valence-electron chi connectivity index (χ2n) is 7.20. The molecule has 1 aromatic carbocycles. The molecule has 2 aromatic heterocycles. The summed E-state index contributed by atoms with van der Waals surface area (Å²) in [5.74, 6) is 0.303. The molecule has 4 heterocycles. The number of ether oxygens (including phenoxy) is 1. The number of carbonyl (C=O) groups is 1. The van der Waals surface area contributed by atoms with Crippen LogP contribution in [0.25, 0.3) is 10.2 Å². The van der Waals surface area contributed by atoms with Crippen LogP contribution in [0.2, 0.25) is 5.02 Å². The first-order chi connectivity index (χ1) is 14.6. The Balaban J connectivity index is 1.52. The van der Waals surface area contributed by atoms with E-state index in [1.165, 1.54) is 23.1 Å². The van der Waals surface area contributed by atoms with E-state index >= 15 is 0 Å². The van der Waals surface area contributed by atoms with Crippen LogP contribution in [-0.4, -0.2) is 52.4 Å². The first-order valence-corrected chi connectivity index (χ1v) is 11.8. The SMILES string of the molecule is O=C1CSc2sc3c(=O)n(C[C@H](c4ccc(Cl)cc4)N4CCOCC4)cnc3c2N1. The number of hydrogen-bond donors (Lipinski definition) is 1. The Labute approximate surface area is 186 Å². The minimum Gasteiger partial charge on any atom is -0.379 e. The van der Waals surface area contributed by atoms with Crippen molar-refractivity contribution in [1.82, 2.24) is 14.5 Å². The molecule has 2 aliphatic rings. The van der Waals surface area contributed by atoms with Crippen LogP contribution >= 0.6 is 34.7 Å². The monoisotopic (exact) mass is 462 g/mol. The number of amides is 1. The molecule has 30 heavy (non-hydrogen) atoms. The van der Waals surface area contributed by atoms with Crippen molar-refractivity contribution < 1.29 is 9.53 Å². The number of nitrogens with zero attached hydrogens (tertiary/aromatic N) is 3. The van der Waals surface area contributed by atoms with Gasteiger partial charge in [-0.2, -0.15) is 0 Å². The van der Waals surface area contributed by atoms with E-state index in [1.807, 2.05) is 24.3 Å². The van der Waals surface area contributed by atoms with Gasteiger partial charge in [-0.25, -0.2) is 4.98 Å². The highest BCUT2D eigenvalue weighted by Gasteiger charge is 2.26. The smallest absolute Gasteiger partial charge is 0.271 e. The molecule has 0 unspecified atom stereocenters. The molecule has 0 aliphatic carbocycles. The quantitative estimate of drug-likeness (QED) is 0.641. The van der Waals surface area contributed by atoms with Crippen LogP contribution in [0, 0.1) is 0 Å². The first-order valence-electron chi connectivity index (χ1n) is 9.62. The number of hydrogen-bond acceptors (Lipinski definition) is 7. The summed E-state index contributed by atoms with van der Waals surface area (Å²) in [5.41, 5.74) is 2.26. The molecule has 10 heteroatoms. The Hall–Kier alpha value is -1.91. The Kier molecular flexibility index (Phi) is 5.55. The molecular formula is C20H19ClN4O3S2. The van der Waals surface area contributed by atoms with Crippen LogP contribution in [0.15, 0.2) is 39.6 Å². The van der Waals surface area contributed by atoms with E-state index in [9.17, 15) is 9.59 Å². The van der Waals surface area contributed by atoms with E-state index in [4.69, 9.17) is 16.3 Å². The van der Waals surface area contributed by atoms with E-state index < -0.39 is 0 Å². The molecular weight excluding hydrogens is 444 g/mol. The average Bonchev–Trinajstić information content (AvgIpc) is 3.13. The highest BCUT2D eigenvalue weighted by atomic mass is 35.5. The van der Waals surface area contributed by atoms with Gasteiger partial charge in [0, 0.05) is 24.7 Å². The predicted octanol–water partition coefficient (Wildman–Crippen LogP) is 3.23. The lowest BCUT2D eigenvalue weighted by Crippen LogP contribution is -2.41. The van der Waals surface area contributed by atoms with Crippen molar-refractivity contribution in [3.8, 4) is 0 Å². The summed E-state index contributed by atoms with van der Waals surface area (Å²) < 4.78 is 8.70. The van der Waals surface area contributed by atoms with Crippen LogP contribution in [-0.2, 0) is 16.1 Å². The van der Waals surface area contributed by atoms with Gasteiger partial charge in [0.05, 0.1) is 41.2 Å². The zero-order valence-electron chi connectivity index (χ0n) is 16.0. The number of carbonyl (C=O) groups excluding carboxylic acids is 1. The molecule has 3 aromatic rings. The number of thiophene rings is 1. The number of anilines is 1. The summed E-state index contributed by atoms with van der Waals surface area (Å²) in [6.45, 7) is 3.42. The van der Waals surface area contributed by atoms with Crippen molar-refractivity contribution in [2.45, 2.75) is 16.8 Å². The van der Waals surface area contributed by atoms with Crippen molar-refractivity contribution >= 4 is 56.5 Å². The molecule has 2 aliphatic heterocycles. The van der Waals surface area contributed by atoms with Crippen LogP contribution < -0.4 is 10.9 Å². The molecule has 156 valence electrons. The van der Waals surface area contributed by atoms with Gasteiger partial charge < -0.3 is 10.1 Å². The number of thioether (sulfide) groups is 1. The van der Waals surface area contributed by atoms with Gasteiger partial charge in [-0.15, -0.1) is 23.1 Å². The van der Waals surface area contributed by atoms with Gasteiger partial charge in [0.25, 0.3) is 5.56 Å². The maximum Gasteiger partial charge on any atom is 0.271 e. The lowest BCUT2D eigenvalue weighted by Gasteiger charge is -2.35. The Morgan fingerprint density at radius 3 is 2.73 bits per heavy atom. The van der Waals surface area contributed by atoms with Gasteiger partial charge in [0.2, 0.25) is 5.91 Å². The number of aromatic nitrogens is 2. The summed E-state index contributed by atoms with van der Waals surface area (Å²) in [6, 6.07) is 7.78. The molecule has 0 bridgehead atoms. The standard InChI is InChI=1S/C20H19ClN4O3S2/c21-13-3-1-12(2-4-13)14(24-5-7-28-8-6-24)9-25-11-22-16-17-20(29-10-15(26)23-17)30-18(16)19(25)27/h1-4,11,14H,5-10H2,(H,23,26)/t14-/m1/s1. The molecule has 1 N–H and O–H groups in total. The molecule has 0 radical (unpaired) electrons. The first kappa shape index (κ1) is 20.0. The second-order valence-corrected chi connectivity index (χ2v) is 9.90. The highest BCUT2D eigenvalue weighted by Crippen LogP contribution is 2.42. The molecule has 7 nitrogen and oxygen atoms in total. The molecule has 0 spiro atoms. The lowest BCUT2D eigenvalue weighted by molar-refractivity contribution is -0.113. The third kappa shape index (κ3) is 3.76. The van der Waals surface area contributed by atoms with Crippen molar-refractivity contribution in [1.29, 1.82) is 0 Å². The summed E-state index contributed by atoms with van der Waals surface area (Å²) in [7, 11) is 0. The normalized spacial score (nSPS) is 18.2. The Morgan fingerprint density at radius 1 is 1.20 bits per heavy atom. The highest BCUT2D eigenvalue weighted by molar-refractivity contribution is 8.02. The van der Waals surface area contributed by atoms with Crippen molar-refractivity contribution in [3.63, 3.8) is 0 Å². The Bertz CT molecular complexity index is 1160. The summed E-state index contributed by atoms with van der Waals surface area (Å²) in [6.07, 6.45) is 1.59. The van der Waals surface area contributed by atoms with Crippen molar-refractivity contribution in [2.75, 3.05) is 37.4 Å². The third-order valence-electron chi connectivity index (χ3n) is 5.34. The summed E-state index contributed by atoms with van der Waals surface area (Å²) in [5, 5.41) is 3.54. The number of morpholine rings is 1. The van der Waals surface area contributed by atoms with Crippen molar-refractivity contribution in [3.05, 3.63) is 51.5 Å². The largest absolute Gasteiger partial charge is 0.379 e. The van der Waals surface area contributed by atoms with E-state index in [-0.39, 0.29) is 17.5 Å². The van der Waals surface area contributed by atoms with Crippen LogP contribution in [0.4, 0.5) is 5.69 Å². The average molecular weight is 463 g/mol. The minimum atomic E-state index is -0.0820. The van der Waals surface area contributed by atoms with Gasteiger partial charge in [0.15, 0.2) is 0 Å². The number of rotatable bonds is 4. The molecule has 1 atom stereocenters. The van der Waals surface area contributed by atoms with Crippen LogP contribution in [0.3, 0.4) is 0 Å². The molecule has 1 saturated heterocycles. The fourth-order valence-electron chi connectivity index (χ4n) is 3.82. The van der Waals surface area contributed by atoms with Gasteiger partial charge in [-0.3, -0.25) is 19.1 Å². The topological polar surface area (TPSA) is 76.5 Å². The zero-order valence-corrected chi connectivity index (χ0v) is 18.4. The summed E-state index contributed by atoms with van der Waals surface area (Å²) in [4.78, 5) is 31.9. The fraction of sp³-hybridized carbons (Fsp3) is 0.350. The van der Waals surface area contributed by atoms with E-state index in [0.29, 0.717) is 46.4 Å². The molecule has 1 amide bonds. The maximum atomic E-state index is 13.3. The van der Waals surface area contributed by atoms with Gasteiger partial charge in [0.1, 0.15) is 10.2 Å². The van der Waals surface area contributed by atoms with Gasteiger partial charge in [-0.1, -0.05) is 23.7 Å². The second kappa shape index (κ2) is 8.32. The predicted molar refractivity (Wildman–Crippen MR) is 120 cm³/mol. The molecule has 5 rings (SSSR count). The molecule has 1 fully saturated rings. The van der Waals surface area contributed by atoms with E-state index in [1.54, 1.807) is 10.9 Å². The zero-order chi connectivity index (χ0) is 20.7. The van der Waals surface area contributed by atoms with Crippen LogP contribution in [0.5, 0.6) is 0 Å². The summed E-state index contributed by atoms with van der Waals surface area (Å²) >= 11 is 8.94. The number of fused-ring (bicyclic) bond motifs is 3. The van der Waals surface area contributed by atoms with Crippen molar-refractivity contribution in [2.24, 2.45) is 0 Å². The van der Waals surface area contributed by atoms with E-state index in [0.717, 1.165) is 22.9 Å². The van der Waals surface area contributed by atoms with Crippen LogP contribution in [0.1, 0.15) is 11.6 Å². The maximum absolute atomic E-state index is 13.3. The van der Waals surface area contributed by atoms with E-state index in [2.05, 4.69) is 15.2 Å².